The molecule has 4 heteroatoms. The minimum atomic E-state index is -0.0836. The Labute approximate surface area is 103 Å². The van der Waals surface area contributed by atoms with Gasteiger partial charge >= 0.3 is 5.97 Å². The second-order valence-corrected chi connectivity index (χ2v) is 5.09. The molecule has 0 spiro atoms. The molecular formula is C13H23NO3. The average molecular weight is 241 g/mol. The van der Waals surface area contributed by atoms with Crippen molar-refractivity contribution in [3.63, 3.8) is 0 Å². The van der Waals surface area contributed by atoms with E-state index in [1.807, 2.05) is 0 Å². The van der Waals surface area contributed by atoms with Gasteiger partial charge in [-0.1, -0.05) is 19.8 Å². The van der Waals surface area contributed by atoms with Crippen molar-refractivity contribution in [2.75, 3.05) is 20.2 Å². The second kappa shape index (κ2) is 5.83. The third kappa shape index (κ3) is 2.99. The molecule has 0 amide bonds. The largest absolute Gasteiger partial charge is 0.468 e. The molecule has 2 aliphatic rings. The summed E-state index contributed by atoms with van der Waals surface area (Å²) >= 11 is 0. The van der Waals surface area contributed by atoms with Crippen LogP contribution >= 0.6 is 0 Å². The minimum absolute atomic E-state index is 0.0630. The number of likely N-dealkylation sites (tertiary alicyclic amines) is 1. The van der Waals surface area contributed by atoms with Gasteiger partial charge in [0.15, 0.2) is 0 Å². The summed E-state index contributed by atoms with van der Waals surface area (Å²) in [5.74, 6) is -0.0836. The van der Waals surface area contributed by atoms with Gasteiger partial charge in [-0.05, 0) is 19.3 Å². The molecule has 2 fully saturated rings. The van der Waals surface area contributed by atoms with Gasteiger partial charge in [0.05, 0.1) is 19.3 Å². The molecule has 3 unspecified atom stereocenters. The van der Waals surface area contributed by atoms with Crippen LogP contribution in [0.1, 0.15) is 39.0 Å². The summed E-state index contributed by atoms with van der Waals surface area (Å²) in [6.45, 7) is 3.93. The van der Waals surface area contributed by atoms with E-state index in [-0.39, 0.29) is 12.0 Å². The number of hydrogen-bond donors (Lipinski definition) is 0. The van der Waals surface area contributed by atoms with E-state index in [2.05, 4.69) is 11.8 Å². The second-order valence-electron chi connectivity index (χ2n) is 5.09. The summed E-state index contributed by atoms with van der Waals surface area (Å²) in [5, 5.41) is 0. The molecule has 0 N–H and O–H groups in total. The van der Waals surface area contributed by atoms with Crippen LogP contribution in [0.25, 0.3) is 0 Å². The third-order valence-electron chi connectivity index (χ3n) is 3.82. The normalized spacial score (nSPS) is 30.2. The quantitative estimate of drug-likeness (QED) is 0.685. The maximum absolute atomic E-state index is 11.8. The van der Waals surface area contributed by atoms with Crippen LogP contribution in [0.2, 0.25) is 0 Å². The van der Waals surface area contributed by atoms with Crippen molar-refractivity contribution in [3.05, 3.63) is 0 Å². The van der Waals surface area contributed by atoms with E-state index in [4.69, 9.17) is 9.47 Å². The molecule has 2 heterocycles. The molecule has 2 rings (SSSR count). The highest BCUT2D eigenvalue weighted by Crippen LogP contribution is 2.28. The predicted molar refractivity (Wildman–Crippen MR) is 64.8 cm³/mol. The van der Waals surface area contributed by atoms with E-state index in [9.17, 15) is 4.79 Å². The molecule has 98 valence electrons. The molecule has 2 bridgehead atoms. The number of unbranched alkanes of at least 4 members (excludes halogenated alkanes) is 1. The predicted octanol–water partition coefficient (Wildman–Crippen LogP) is 1.58. The zero-order chi connectivity index (χ0) is 12.3. The van der Waals surface area contributed by atoms with Crippen molar-refractivity contribution in [3.8, 4) is 0 Å². The van der Waals surface area contributed by atoms with Crippen molar-refractivity contribution < 1.29 is 14.3 Å². The number of hydrogen-bond acceptors (Lipinski definition) is 4. The standard InChI is InChI=1S/C13H23NO3/c1-3-4-5-12(13(15)16-2)14-8-10-6-7-11(9-14)17-10/h10-12H,3-9H2,1-2H3. The summed E-state index contributed by atoms with van der Waals surface area (Å²) in [6.07, 6.45) is 6.05. The number of ether oxygens (including phenoxy) is 2. The molecule has 0 saturated carbocycles. The lowest BCUT2D eigenvalue weighted by Gasteiger charge is -2.36. The lowest BCUT2D eigenvalue weighted by Crippen LogP contribution is -2.51. The Morgan fingerprint density at radius 1 is 1.41 bits per heavy atom. The lowest BCUT2D eigenvalue weighted by molar-refractivity contribution is -0.151. The van der Waals surface area contributed by atoms with Crippen LogP contribution in [-0.4, -0.2) is 49.3 Å². The summed E-state index contributed by atoms with van der Waals surface area (Å²) in [7, 11) is 1.48. The molecule has 0 radical (unpaired) electrons. The van der Waals surface area contributed by atoms with E-state index in [0.29, 0.717) is 12.2 Å². The number of esters is 1. The number of rotatable bonds is 5. The Balaban J connectivity index is 1.97. The fraction of sp³-hybridized carbons (Fsp3) is 0.923. The zero-order valence-corrected chi connectivity index (χ0v) is 10.9. The fourth-order valence-corrected chi connectivity index (χ4v) is 2.88. The monoisotopic (exact) mass is 241 g/mol. The highest BCUT2D eigenvalue weighted by atomic mass is 16.5. The zero-order valence-electron chi connectivity index (χ0n) is 10.9. The van der Waals surface area contributed by atoms with E-state index < -0.39 is 0 Å². The van der Waals surface area contributed by atoms with Crippen LogP contribution in [0.4, 0.5) is 0 Å². The summed E-state index contributed by atoms with van der Waals surface area (Å²) in [6, 6.07) is -0.0630. The van der Waals surface area contributed by atoms with Crippen molar-refractivity contribution in [2.45, 2.75) is 57.3 Å². The van der Waals surface area contributed by atoms with Gasteiger partial charge in [-0.3, -0.25) is 9.69 Å². The van der Waals surface area contributed by atoms with E-state index in [1.165, 1.54) is 7.11 Å². The molecule has 0 aromatic carbocycles. The molecule has 0 aromatic heterocycles. The van der Waals surface area contributed by atoms with Gasteiger partial charge in [-0.15, -0.1) is 0 Å². The van der Waals surface area contributed by atoms with Crippen molar-refractivity contribution >= 4 is 5.97 Å². The van der Waals surface area contributed by atoms with Crippen LogP contribution in [0, 0.1) is 0 Å². The number of carbonyl (C=O) groups is 1. The van der Waals surface area contributed by atoms with Gasteiger partial charge in [0.2, 0.25) is 0 Å². The van der Waals surface area contributed by atoms with Gasteiger partial charge in [0.25, 0.3) is 0 Å². The molecule has 2 saturated heterocycles. The van der Waals surface area contributed by atoms with E-state index >= 15 is 0 Å². The van der Waals surface area contributed by atoms with Crippen molar-refractivity contribution in [1.29, 1.82) is 0 Å². The number of morpholine rings is 1. The molecule has 17 heavy (non-hydrogen) atoms. The minimum Gasteiger partial charge on any atom is -0.468 e. The van der Waals surface area contributed by atoms with Crippen LogP contribution in [0.5, 0.6) is 0 Å². The van der Waals surface area contributed by atoms with Crippen LogP contribution < -0.4 is 0 Å². The van der Waals surface area contributed by atoms with Crippen molar-refractivity contribution in [1.82, 2.24) is 4.90 Å². The molecule has 3 atom stereocenters. The van der Waals surface area contributed by atoms with E-state index in [1.54, 1.807) is 0 Å². The topological polar surface area (TPSA) is 38.8 Å². The molecule has 0 aliphatic carbocycles. The number of carbonyl (C=O) groups excluding carboxylic acids is 1. The van der Waals surface area contributed by atoms with Crippen LogP contribution in [-0.2, 0) is 14.3 Å². The van der Waals surface area contributed by atoms with Gasteiger partial charge < -0.3 is 9.47 Å². The smallest absolute Gasteiger partial charge is 0.323 e. The first-order valence-corrected chi connectivity index (χ1v) is 6.72. The number of fused-ring (bicyclic) bond motifs is 2. The highest BCUT2D eigenvalue weighted by molar-refractivity contribution is 5.75. The van der Waals surface area contributed by atoms with Gasteiger partial charge in [0.1, 0.15) is 6.04 Å². The maximum Gasteiger partial charge on any atom is 0.323 e. The summed E-state index contributed by atoms with van der Waals surface area (Å²) in [4.78, 5) is 14.1. The van der Waals surface area contributed by atoms with Gasteiger partial charge in [0, 0.05) is 13.1 Å². The highest BCUT2D eigenvalue weighted by Gasteiger charge is 2.38. The van der Waals surface area contributed by atoms with Crippen LogP contribution in [0.3, 0.4) is 0 Å². The summed E-state index contributed by atoms with van der Waals surface area (Å²) < 4.78 is 10.7. The Bertz CT molecular complexity index is 257. The first kappa shape index (κ1) is 12.8. The third-order valence-corrected chi connectivity index (χ3v) is 3.82. The Hall–Kier alpha value is -0.610. The fourth-order valence-electron chi connectivity index (χ4n) is 2.88. The molecule has 4 nitrogen and oxygen atoms in total. The lowest BCUT2D eigenvalue weighted by atomic mass is 10.1. The van der Waals surface area contributed by atoms with Gasteiger partial charge in [-0.25, -0.2) is 0 Å². The average Bonchev–Trinajstić information content (AvgIpc) is 2.68. The Morgan fingerprint density at radius 2 is 2.06 bits per heavy atom. The van der Waals surface area contributed by atoms with Gasteiger partial charge in [-0.2, -0.15) is 0 Å². The van der Waals surface area contributed by atoms with E-state index in [0.717, 1.165) is 45.2 Å². The molecule has 2 aliphatic heterocycles. The Morgan fingerprint density at radius 3 is 2.59 bits per heavy atom. The SMILES string of the molecule is CCCCC(C(=O)OC)N1CC2CCC(C1)O2. The number of methoxy groups -OCH3 is 1. The summed E-state index contributed by atoms with van der Waals surface area (Å²) in [5.41, 5.74) is 0. The molecule has 0 aromatic rings. The number of nitrogens with zero attached hydrogens (tertiary/aromatic N) is 1. The maximum atomic E-state index is 11.8. The van der Waals surface area contributed by atoms with Crippen LogP contribution in [0.15, 0.2) is 0 Å². The molecular weight excluding hydrogens is 218 g/mol. The Kier molecular flexibility index (Phi) is 4.40. The first-order chi connectivity index (χ1) is 8.24. The first-order valence-electron chi connectivity index (χ1n) is 6.72. The van der Waals surface area contributed by atoms with Crippen molar-refractivity contribution in [2.24, 2.45) is 0 Å².